The number of carboxylic acid groups (broad SMARTS) is 2. The SMILES string of the molecule is Nc1nc(N)nc(N)n1.O=C(O)C(=O)O. The molecule has 0 unspecified atom stereocenters. The zero-order valence-corrected chi connectivity index (χ0v) is 7.28. The van der Waals surface area contributed by atoms with E-state index < -0.39 is 11.9 Å². The molecule has 0 aliphatic rings. The van der Waals surface area contributed by atoms with Gasteiger partial charge >= 0.3 is 11.9 Å². The highest BCUT2D eigenvalue weighted by molar-refractivity contribution is 6.27. The number of carboxylic acids is 2. The fourth-order valence-electron chi connectivity index (χ4n) is 0.427. The fraction of sp³-hybridized carbons (Fsp3) is 0. The van der Waals surface area contributed by atoms with E-state index in [0.29, 0.717) is 0 Å². The summed E-state index contributed by atoms with van der Waals surface area (Å²) in [6, 6.07) is 0. The van der Waals surface area contributed by atoms with Gasteiger partial charge in [-0.3, -0.25) is 0 Å². The van der Waals surface area contributed by atoms with Crippen LogP contribution in [-0.2, 0) is 9.59 Å². The highest BCUT2D eigenvalue weighted by Gasteiger charge is 2.04. The lowest BCUT2D eigenvalue weighted by Crippen LogP contribution is -2.09. The Morgan fingerprint density at radius 3 is 1.13 bits per heavy atom. The molecule has 0 fully saturated rings. The standard InChI is InChI=1S/C3H6N6.C2H2O4/c4-1-7-2(5)9-3(6)8-1;3-1(4)2(5)6/h(H6,4,5,6,7,8,9);(H,3,4)(H,5,6). The zero-order chi connectivity index (χ0) is 12.0. The summed E-state index contributed by atoms with van der Waals surface area (Å²) in [4.78, 5) is 28.7. The van der Waals surface area contributed by atoms with E-state index in [1.165, 1.54) is 0 Å². The van der Waals surface area contributed by atoms with Gasteiger partial charge in [0.05, 0.1) is 0 Å². The Bertz CT molecular complexity index is 317. The quantitative estimate of drug-likeness (QED) is 0.296. The molecular formula is C5H8N6O4. The van der Waals surface area contributed by atoms with Gasteiger partial charge in [-0.2, -0.15) is 15.0 Å². The van der Waals surface area contributed by atoms with E-state index in [4.69, 9.17) is 37.0 Å². The predicted octanol–water partition coefficient (Wildman–Crippen LogP) is -2.23. The van der Waals surface area contributed by atoms with Gasteiger partial charge in [0.2, 0.25) is 17.8 Å². The first-order valence-electron chi connectivity index (χ1n) is 3.31. The number of aliphatic carboxylic acids is 2. The van der Waals surface area contributed by atoms with Crippen LogP contribution in [0, 0.1) is 0 Å². The Morgan fingerprint density at radius 1 is 0.800 bits per heavy atom. The van der Waals surface area contributed by atoms with Crippen molar-refractivity contribution in [1.82, 2.24) is 15.0 Å². The molecule has 1 rings (SSSR count). The minimum Gasteiger partial charge on any atom is -0.473 e. The maximum atomic E-state index is 9.10. The molecule has 0 amide bonds. The van der Waals surface area contributed by atoms with E-state index in [9.17, 15) is 0 Å². The summed E-state index contributed by atoms with van der Waals surface area (Å²) in [7, 11) is 0. The lowest BCUT2D eigenvalue weighted by molar-refractivity contribution is -0.159. The highest BCUT2D eigenvalue weighted by atomic mass is 16.4. The number of rotatable bonds is 0. The second-order valence-electron chi connectivity index (χ2n) is 2.02. The molecule has 1 heterocycles. The number of hydrogen-bond donors (Lipinski definition) is 5. The summed E-state index contributed by atoms with van der Waals surface area (Å²) in [6.45, 7) is 0. The smallest absolute Gasteiger partial charge is 0.414 e. The van der Waals surface area contributed by atoms with Crippen molar-refractivity contribution in [1.29, 1.82) is 0 Å². The predicted molar refractivity (Wildman–Crippen MR) is 48.3 cm³/mol. The Kier molecular flexibility index (Phi) is 4.25. The third-order valence-electron chi connectivity index (χ3n) is 0.870. The van der Waals surface area contributed by atoms with Gasteiger partial charge in [0.25, 0.3) is 0 Å². The van der Waals surface area contributed by atoms with Gasteiger partial charge < -0.3 is 27.4 Å². The van der Waals surface area contributed by atoms with Crippen LogP contribution in [0.15, 0.2) is 0 Å². The van der Waals surface area contributed by atoms with Crippen molar-refractivity contribution in [2.45, 2.75) is 0 Å². The number of nitrogen functional groups attached to an aromatic ring is 3. The van der Waals surface area contributed by atoms with Crippen molar-refractivity contribution in [3.05, 3.63) is 0 Å². The van der Waals surface area contributed by atoms with Gasteiger partial charge in [-0.15, -0.1) is 0 Å². The Morgan fingerprint density at radius 2 is 1.00 bits per heavy atom. The molecule has 0 spiro atoms. The van der Waals surface area contributed by atoms with E-state index in [-0.39, 0.29) is 17.8 Å². The summed E-state index contributed by atoms with van der Waals surface area (Å²) >= 11 is 0. The van der Waals surface area contributed by atoms with Gasteiger partial charge in [-0.05, 0) is 0 Å². The van der Waals surface area contributed by atoms with Gasteiger partial charge in [-0.25, -0.2) is 9.59 Å². The third-order valence-corrected chi connectivity index (χ3v) is 0.870. The topological polar surface area (TPSA) is 191 Å². The van der Waals surface area contributed by atoms with Crippen molar-refractivity contribution >= 4 is 29.8 Å². The number of anilines is 3. The van der Waals surface area contributed by atoms with Crippen molar-refractivity contribution in [2.75, 3.05) is 17.2 Å². The molecule has 0 radical (unpaired) electrons. The summed E-state index contributed by atoms with van der Waals surface area (Å²) in [5.74, 6) is -3.52. The van der Waals surface area contributed by atoms with Crippen LogP contribution in [-0.4, -0.2) is 37.1 Å². The summed E-state index contributed by atoms with van der Waals surface area (Å²) in [6.07, 6.45) is 0. The highest BCUT2D eigenvalue weighted by Crippen LogP contribution is 1.97. The van der Waals surface area contributed by atoms with Crippen LogP contribution < -0.4 is 17.2 Å². The second-order valence-corrected chi connectivity index (χ2v) is 2.02. The number of nitrogens with two attached hydrogens (primary N) is 3. The molecule has 0 aromatic carbocycles. The van der Waals surface area contributed by atoms with Gasteiger partial charge in [-0.1, -0.05) is 0 Å². The lowest BCUT2D eigenvalue weighted by atomic mass is 10.7. The number of aromatic nitrogens is 3. The monoisotopic (exact) mass is 216 g/mol. The first-order chi connectivity index (χ1) is 6.82. The van der Waals surface area contributed by atoms with Crippen LogP contribution in [0.3, 0.4) is 0 Å². The molecule has 1 aromatic heterocycles. The van der Waals surface area contributed by atoms with E-state index in [1.54, 1.807) is 0 Å². The average molecular weight is 216 g/mol. The minimum atomic E-state index is -1.82. The van der Waals surface area contributed by atoms with Crippen LogP contribution in [0.1, 0.15) is 0 Å². The van der Waals surface area contributed by atoms with Gasteiger partial charge in [0.1, 0.15) is 0 Å². The maximum absolute atomic E-state index is 9.10. The molecule has 10 heteroatoms. The Balaban J connectivity index is 0.000000288. The van der Waals surface area contributed by atoms with Crippen LogP contribution in [0.5, 0.6) is 0 Å². The molecule has 0 saturated carbocycles. The Hall–Kier alpha value is -2.65. The normalized spacial score (nSPS) is 8.53. The molecule has 0 aliphatic carbocycles. The molecule has 10 nitrogen and oxygen atoms in total. The number of hydrogen-bond acceptors (Lipinski definition) is 8. The fourth-order valence-corrected chi connectivity index (χ4v) is 0.427. The molecular weight excluding hydrogens is 208 g/mol. The first-order valence-corrected chi connectivity index (χ1v) is 3.31. The van der Waals surface area contributed by atoms with Gasteiger partial charge in [0.15, 0.2) is 0 Å². The van der Waals surface area contributed by atoms with Crippen molar-refractivity contribution in [3.8, 4) is 0 Å². The van der Waals surface area contributed by atoms with Crippen molar-refractivity contribution in [2.24, 2.45) is 0 Å². The second kappa shape index (κ2) is 5.16. The summed E-state index contributed by atoms with van der Waals surface area (Å²) < 4.78 is 0. The maximum Gasteiger partial charge on any atom is 0.414 e. The first kappa shape index (κ1) is 12.3. The largest absolute Gasteiger partial charge is 0.473 e. The van der Waals surface area contributed by atoms with Crippen LogP contribution in [0.25, 0.3) is 0 Å². The lowest BCUT2D eigenvalue weighted by Gasteiger charge is -1.93. The summed E-state index contributed by atoms with van der Waals surface area (Å²) in [5.41, 5.74) is 15.4. The zero-order valence-electron chi connectivity index (χ0n) is 7.28. The molecule has 82 valence electrons. The van der Waals surface area contributed by atoms with Crippen LogP contribution in [0.4, 0.5) is 17.8 Å². The molecule has 1 aromatic rings. The van der Waals surface area contributed by atoms with E-state index >= 15 is 0 Å². The van der Waals surface area contributed by atoms with E-state index in [0.717, 1.165) is 0 Å². The molecule has 8 N–H and O–H groups in total. The Labute approximate surface area is 82.8 Å². The van der Waals surface area contributed by atoms with Crippen molar-refractivity contribution < 1.29 is 19.8 Å². The average Bonchev–Trinajstić information content (AvgIpc) is 2.01. The van der Waals surface area contributed by atoms with Crippen LogP contribution in [0.2, 0.25) is 0 Å². The number of nitrogens with zero attached hydrogens (tertiary/aromatic N) is 3. The van der Waals surface area contributed by atoms with Gasteiger partial charge in [0, 0.05) is 0 Å². The van der Waals surface area contributed by atoms with E-state index in [1.807, 2.05) is 0 Å². The van der Waals surface area contributed by atoms with E-state index in [2.05, 4.69) is 15.0 Å². The molecule has 0 bridgehead atoms. The van der Waals surface area contributed by atoms with Crippen molar-refractivity contribution in [3.63, 3.8) is 0 Å². The minimum absolute atomic E-state index is 0.0417. The molecule has 0 aliphatic heterocycles. The molecule has 0 saturated heterocycles. The molecule has 15 heavy (non-hydrogen) atoms. The summed E-state index contributed by atoms with van der Waals surface area (Å²) in [5, 5.41) is 14.8. The number of carbonyl (C=O) groups is 2. The molecule has 0 atom stereocenters. The van der Waals surface area contributed by atoms with Crippen LogP contribution >= 0.6 is 0 Å². The third kappa shape index (κ3) is 5.57.